The standard InChI is InChI=1S/C16H15FINO3S/c17-12-8-14(20)10-15(9-12)23(21,22)19-7-1-2-16(19)11-3-5-13(18)6-4-11/h3-6,8-10,16,20H,1-2,7H2. The highest BCUT2D eigenvalue weighted by Crippen LogP contribution is 2.37. The Kier molecular flexibility index (Phi) is 4.61. The first kappa shape index (κ1) is 16.7. The van der Waals surface area contributed by atoms with Crippen molar-refractivity contribution in [2.75, 3.05) is 6.54 Å². The summed E-state index contributed by atoms with van der Waals surface area (Å²) in [5.41, 5.74) is 0.923. The molecular formula is C16H15FINO3S. The molecule has 7 heteroatoms. The second-order valence-corrected chi connectivity index (χ2v) is 8.61. The van der Waals surface area contributed by atoms with E-state index in [1.165, 1.54) is 4.31 Å². The number of benzene rings is 2. The monoisotopic (exact) mass is 447 g/mol. The third-order valence-electron chi connectivity index (χ3n) is 3.92. The number of phenolic OH excluding ortho intramolecular Hbond substituents is 1. The van der Waals surface area contributed by atoms with Crippen LogP contribution < -0.4 is 0 Å². The maximum Gasteiger partial charge on any atom is 0.243 e. The quantitative estimate of drug-likeness (QED) is 0.731. The van der Waals surface area contributed by atoms with Gasteiger partial charge in [-0.25, -0.2) is 12.8 Å². The fraction of sp³-hybridized carbons (Fsp3) is 0.250. The van der Waals surface area contributed by atoms with Gasteiger partial charge in [-0.1, -0.05) is 12.1 Å². The van der Waals surface area contributed by atoms with Crippen molar-refractivity contribution < 1.29 is 17.9 Å². The van der Waals surface area contributed by atoms with Crippen molar-refractivity contribution in [3.8, 4) is 5.75 Å². The summed E-state index contributed by atoms with van der Waals surface area (Å²) >= 11 is 2.20. The Morgan fingerprint density at radius 2 is 1.87 bits per heavy atom. The third kappa shape index (κ3) is 3.36. The molecule has 122 valence electrons. The predicted octanol–water partition coefficient (Wildman–Crippen LogP) is 3.66. The van der Waals surface area contributed by atoms with E-state index in [2.05, 4.69) is 22.6 Å². The average molecular weight is 447 g/mol. The highest BCUT2D eigenvalue weighted by atomic mass is 127. The summed E-state index contributed by atoms with van der Waals surface area (Å²) in [6.07, 6.45) is 1.47. The van der Waals surface area contributed by atoms with Gasteiger partial charge in [0.25, 0.3) is 0 Å². The zero-order valence-corrected chi connectivity index (χ0v) is 15.1. The first-order valence-electron chi connectivity index (χ1n) is 7.15. The van der Waals surface area contributed by atoms with Crippen molar-refractivity contribution in [3.05, 3.63) is 57.4 Å². The molecule has 1 atom stereocenters. The van der Waals surface area contributed by atoms with Crippen molar-refractivity contribution in [2.45, 2.75) is 23.8 Å². The van der Waals surface area contributed by atoms with Gasteiger partial charge in [-0.15, -0.1) is 0 Å². The highest BCUT2D eigenvalue weighted by molar-refractivity contribution is 14.1. The molecule has 2 aromatic carbocycles. The lowest BCUT2D eigenvalue weighted by molar-refractivity contribution is 0.395. The SMILES string of the molecule is O=S(=O)(c1cc(O)cc(F)c1)N1CCCC1c1ccc(I)cc1. The number of nitrogens with zero attached hydrogens (tertiary/aromatic N) is 1. The van der Waals surface area contributed by atoms with Crippen LogP contribution in [0.4, 0.5) is 4.39 Å². The number of sulfonamides is 1. The predicted molar refractivity (Wildman–Crippen MR) is 93.1 cm³/mol. The van der Waals surface area contributed by atoms with Gasteiger partial charge in [0.15, 0.2) is 0 Å². The molecule has 1 heterocycles. The Balaban J connectivity index is 1.99. The normalized spacial score (nSPS) is 19.1. The first-order valence-corrected chi connectivity index (χ1v) is 9.67. The van der Waals surface area contributed by atoms with E-state index in [4.69, 9.17) is 0 Å². The molecule has 1 aliphatic heterocycles. The van der Waals surface area contributed by atoms with Crippen molar-refractivity contribution in [1.29, 1.82) is 0 Å². The Morgan fingerprint density at radius 3 is 2.52 bits per heavy atom. The van der Waals surface area contributed by atoms with E-state index in [1.54, 1.807) is 0 Å². The highest BCUT2D eigenvalue weighted by Gasteiger charge is 2.36. The van der Waals surface area contributed by atoms with Crippen LogP contribution in [0.5, 0.6) is 5.75 Å². The average Bonchev–Trinajstić information content (AvgIpc) is 2.97. The van der Waals surface area contributed by atoms with Crippen LogP contribution in [0.25, 0.3) is 0 Å². The fourth-order valence-electron chi connectivity index (χ4n) is 2.88. The number of phenols is 1. The molecule has 3 rings (SSSR count). The number of hydrogen-bond donors (Lipinski definition) is 1. The van der Waals surface area contributed by atoms with E-state index in [0.29, 0.717) is 6.54 Å². The molecule has 0 amide bonds. The molecule has 0 aromatic heterocycles. The molecule has 4 nitrogen and oxygen atoms in total. The molecule has 0 bridgehead atoms. The minimum absolute atomic E-state index is 0.215. The molecule has 1 aliphatic rings. The summed E-state index contributed by atoms with van der Waals surface area (Å²) in [5.74, 6) is -1.16. The molecule has 1 saturated heterocycles. The van der Waals surface area contributed by atoms with Crippen LogP contribution in [0.1, 0.15) is 24.4 Å². The first-order chi connectivity index (χ1) is 10.9. The molecule has 23 heavy (non-hydrogen) atoms. The van der Waals surface area contributed by atoms with Gasteiger partial charge in [-0.2, -0.15) is 4.31 Å². The lowest BCUT2D eigenvalue weighted by Crippen LogP contribution is -2.30. The fourth-order valence-corrected chi connectivity index (χ4v) is 4.97. The van der Waals surface area contributed by atoms with Crippen molar-refractivity contribution in [3.63, 3.8) is 0 Å². The largest absolute Gasteiger partial charge is 0.508 e. The van der Waals surface area contributed by atoms with Crippen LogP contribution in [-0.4, -0.2) is 24.4 Å². The molecular weight excluding hydrogens is 432 g/mol. The van der Waals surface area contributed by atoms with Crippen LogP contribution in [0, 0.1) is 9.39 Å². The van der Waals surface area contributed by atoms with Gasteiger partial charge in [0, 0.05) is 22.2 Å². The Labute approximate surface area is 148 Å². The van der Waals surface area contributed by atoms with Gasteiger partial charge in [-0.05, 0) is 59.2 Å². The number of hydrogen-bond acceptors (Lipinski definition) is 3. The molecule has 2 aromatic rings. The summed E-state index contributed by atoms with van der Waals surface area (Å²) < 4.78 is 41.6. The third-order valence-corrected chi connectivity index (χ3v) is 6.53. The molecule has 1 unspecified atom stereocenters. The second-order valence-electron chi connectivity index (χ2n) is 5.47. The number of rotatable bonds is 3. The van der Waals surface area contributed by atoms with Gasteiger partial charge >= 0.3 is 0 Å². The minimum Gasteiger partial charge on any atom is -0.508 e. The topological polar surface area (TPSA) is 57.6 Å². The van der Waals surface area contributed by atoms with E-state index in [0.717, 1.165) is 40.2 Å². The maximum absolute atomic E-state index is 13.5. The maximum atomic E-state index is 13.5. The summed E-state index contributed by atoms with van der Waals surface area (Å²) in [4.78, 5) is -0.215. The zero-order chi connectivity index (χ0) is 16.6. The van der Waals surface area contributed by atoms with Crippen LogP contribution >= 0.6 is 22.6 Å². The molecule has 0 saturated carbocycles. The van der Waals surface area contributed by atoms with Gasteiger partial charge in [-0.3, -0.25) is 0 Å². The minimum atomic E-state index is -3.86. The lowest BCUT2D eigenvalue weighted by Gasteiger charge is -2.24. The van der Waals surface area contributed by atoms with Crippen molar-refractivity contribution in [1.82, 2.24) is 4.31 Å². The van der Waals surface area contributed by atoms with E-state index in [9.17, 15) is 17.9 Å². The van der Waals surface area contributed by atoms with Crippen LogP contribution in [0.3, 0.4) is 0 Å². The smallest absolute Gasteiger partial charge is 0.243 e. The molecule has 0 aliphatic carbocycles. The van der Waals surface area contributed by atoms with E-state index in [-0.39, 0.29) is 10.9 Å². The number of aromatic hydroxyl groups is 1. The summed E-state index contributed by atoms with van der Waals surface area (Å²) in [6, 6.07) is 10.4. The van der Waals surface area contributed by atoms with Crippen molar-refractivity contribution >= 4 is 32.6 Å². The molecule has 0 radical (unpaired) electrons. The summed E-state index contributed by atoms with van der Waals surface area (Å²) in [7, 11) is -3.86. The Hall–Kier alpha value is -1.19. The number of halogens is 2. The molecule has 1 fully saturated rings. The Morgan fingerprint density at radius 1 is 1.17 bits per heavy atom. The molecule has 0 spiro atoms. The van der Waals surface area contributed by atoms with Crippen LogP contribution in [-0.2, 0) is 10.0 Å². The summed E-state index contributed by atoms with van der Waals surface area (Å²) in [5, 5.41) is 9.49. The van der Waals surface area contributed by atoms with E-state index in [1.807, 2.05) is 24.3 Å². The summed E-state index contributed by atoms with van der Waals surface area (Å²) in [6.45, 7) is 0.385. The Bertz CT molecular complexity index is 803. The van der Waals surface area contributed by atoms with E-state index < -0.39 is 21.6 Å². The lowest BCUT2D eigenvalue weighted by atomic mass is 10.1. The van der Waals surface area contributed by atoms with Gasteiger partial charge in [0.05, 0.1) is 10.9 Å². The molecule has 1 N–H and O–H groups in total. The van der Waals surface area contributed by atoms with Crippen molar-refractivity contribution in [2.24, 2.45) is 0 Å². The second kappa shape index (κ2) is 6.37. The van der Waals surface area contributed by atoms with E-state index >= 15 is 0 Å². The van der Waals surface area contributed by atoms with Gasteiger partial charge in [0.1, 0.15) is 11.6 Å². The van der Waals surface area contributed by atoms with Gasteiger partial charge < -0.3 is 5.11 Å². The van der Waals surface area contributed by atoms with Crippen LogP contribution in [0.2, 0.25) is 0 Å². The van der Waals surface area contributed by atoms with Gasteiger partial charge in [0.2, 0.25) is 10.0 Å². The van der Waals surface area contributed by atoms with Crippen LogP contribution in [0.15, 0.2) is 47.4 Å². The zero-order valence-electron chi connectivity index (χ0n) is 12.1.